The molecule has 9 heteroatoms. The summed E-state index contributed by atoms with van der Waals surface area (Å²) in [5.74, 6) is 0. The van der Waals surface area contributed by atoms with Crippen LogP contribution in [-0.4, -0.2) is 71.3 Å². The second-order valence-corrected chi connectivity index (χ2v) is 1.50. The van der Waals surface area contributed by atoms with E-state index in [9.17, 15) is 3.52 Å². The Morgan fingerprint density at radius 1 is 1.00 bits per heavy atom. The maximum absolute atomic E-state index is 9.64. The first-order chi connectivity index (χ1) is 3.00. The molecule has 0 aromatic rings. The van der Waals surface area contributed by atoms with E-state index in [2.05, 4.69) is 0 Å². The molecule has 0 aromatic heterocycles. The van der Waals surface area contributed by atoms with Crippen LogP contribution in [0.5, 0.6) is 0 Å². The van der Waals surface area contributed by atoms with E-state index in [4.69, 9.17) is 19.2 Å². The zero-order valence-corrected chi connectivity index (χ0v) is 14.4. The van der Waals surface area contributed by atoms with Crippen LogP contribution in [0.15, 0.2) is 0 Å². The molecular formula is H2AlFO4SiSrZn. The van der Waals surface area contributed by atoms with Gasteiger partial charge in [-0.3, -0.25) is 0 Å². The molecule has 0 atom stereocenters. The maximum Gasteiger partial charge on any atom is 2.00 e. The molecule has 0 saturated heterocycles. The standard InChI is InChI=1S/Al.FH.O4Si.Sr.Zn.2H/c;;1-5(2,3)4;;;;/h;1H;;;;;/q+1;;-4;2*+2;;/p-1. The van der Waals surface area contributed by atoms with Crippen LogP contribution in [0.4, 0.5) is 3.52 Å². The van der Waals surface area contributed by atoms with Crippen LogP contribution in [0, 0.1) is 0 Å². The maximum atomic E-state index is 9.64. The van der Waals surface area contributed by atoms with Gasteiger partial charge in [0.25, 0.3) is 0 Å². The third-order valence-corrected chi connectivity index (χ3v) is 0. The van der Waals surface area contributed by atoms with Gasteiger partial charge in [-0.15, -0.1) is 0 Å². The van der Waals surface area contributed by atoms with Crippen LogP contribution in [0.1, 0.15) is 0 Å². The van der Waals surface area contributed by atoms with Crippen molar-refractivity contribution in [2.45, 2.75) is 0 Å². The fourth-order valence-electron chi connectivity index (χ4n) is 0. The SMILES string of the molecule is [F][AlH2].[O-][Si]([O-])([O-])[O-].[Sr+2].[Zn+2]. The monoisotopic (exact) mass is 292 g/mol. The summed E-state index contributed by atoms with van der Waals surface area (Å²) in [5.41, 5.74) is 0. The molecule has 44 valence electrons. The van der Waals surface area contributed by atoms with Crippen LogP contribution >= 0.6 is 0 Å². The van der Waals surface area contributed by atoms with E-state index in [1.165, 1.54) is 0 Å². The Balaban J connectivity index is -0.0000000286. The van der Waals surface area contributed by atoms with E-state index in [1.54, 1.807) is 0 Å². The third kappa shape index (κ3) is 115. The molecule has 0 aliphatic carbocycles. The van der Waals surface area contributed by atoms with Gasteiger partial charge < -0.3 is 31.8 Å². The van der Waals surface area contributed by atoms with Gasteiger partial charge in [-0.25, -0.2) is 0 Å². The molecule has 0 saturated carbocycles. The largest absolute Gasteiger partial charge is 2.00 e. The minimum absolute atomic E-state index is 0. The Labute approximate surface area is 112 Å². The molecule has 0 heterocycles. The number of hydrogen-bond acceptors (Lipinski definition) is 4. The topological polar surface area (TPSA) is 92.2 Å². The minimum Gasteiger partial charge on any atom is -0.894 e. The molecule has 0 aromatic carbocycles. The van der Waals surface area contributed by atoms with Crippen LogP contribution in [0.3, 0.4) is 0 Å². The molecule has 0 bridgehead atoms. The smallest absolute Gasteiger partial charge is 0.894 e. The van der Waals surface area contributed by atoms with Crippen molar-refractivity contribution in [1.82, 2.24) is 0 Å². The molecule has 0 aliphatic rings. The summed E-state index contributed by atoms with van der Waals surface area (Å²) >= 11 is -0.194. The minimum atomic E-state index is -5.61. The van der Waals surface area contributed by atoms with Crippen molar-refractivity contribution in [2.75, 3.05) is 0 Å². The van der Waals surface area contributed by atoms with E-state index < -0.39 is 9.05 Å². The molecule has 0 aliphatic heterocycles. The summed E-state index contributed by atoms with van der Waals surface area (Å²) in [4.78, 5) is 34.3. The van der Waals surface area contributed by atoms with E-state index in [0.717, 1.165) is 0 Å². The average Bonchev–Trinajstić information content (AvgIpc) is 1.36. The summed E-state index contributed by atoms with van der Waals surface area (Å²) in [6.07, 6.45) is 0. The van der Waals surface area contributed by atoms with Gasteiger partial charge in [0.05, 0.1) is 0 Å². The van der Waals surface area contributed by atoms with Crippen molar-refractivity contribution in [2.24, 2.45) is 0 Å². The fourth-order valence-corrected chi connectivity index (χ4v) is 0. The molecule has 0 N–H and O–H groups in total. The first-order valence-corrected chi connectivity index (χ1v) is 3.58. The van der Waals surface area contributed by atoms with Crippen molar-refractivity contribution in [3.8, 4) is 0 Å². The number of hydrogen-bond donors (Lipinski definition) is 0. The molecule has 0 amide bonds. The zero-order valence-electron chi connectivity index (χ0n) is 4.93. The van der Waals surface area contributed by atoms with Crippen molar-refractivity contribution in [3.05, 3.63) is 0 Å². The summed E-state index contributed by atoms with van der Waals surface area (Å²) in [5, 5.41) is 0. The number of halogens is 1. The average molecular weight is 293 g/mol. The van der Waals surface area contributed by atoms with E-state index in [-0.39, 0.29) is 81.7 Å². The Hall–Kier alpha value is 2.62. The van der Waals surface area contributed by atoms with Crippen molar-refractivity contribution < 1.29 is 42.2 Å². The predicted molar refractivity (Wildman–Crippen MR) is 21.2 cm³/mol. The molecule has 0 unspecified atom stereocenters. The second-order valence-electron chi connectivity index (χ2n) is 0.500. The number of rotatable bonds is 0. The molecule has 0 rings (SSSR count). The fraction of sp³-hybridized carbons (Fsp3) is 0. The predicted octanol–water partition coefficient (Wildman–Crippen LogP) is -6.02. The molecule has 4 nitrogen and oxygen atoms in total. The van der Waals surface area contributed by atoms with Gasteiger partial charge in [0.1, 0.15) is 0 Å². The molecule has 0 spiro atoms. The summed E-state index contributed by atoms with van der Waals surface area (Å²) < 4.78 is 9.64. The normalized spacial score (nSPS) is 7.22. The quantitative estimate of drug-likeness (QED) is 0.416. The zero-order chi connectivity index (χ0) is 6.50. The third-order valence-electron chi connectivity index (χ3n) is 0. The van der Waals surface area contributed by atoms with Crippen LogP contribution in [0.25, 0.3) is 0 Å². The first kappa shape index (κ1) is 22.6. The van der Waals surface area contributed by atoms with Crippen LogP contribution in [0.2, 0.25) is 0 Å². The van der Waals surface area contributed by atoms with Gasteiger partial charge in [-0.2, -0.15) is 0 Å². The van der Waals surface area contributed by atoms with Crippen molar-refractivity contribution >= 4 is 71.3 Å². The first-order valence-electron chi connectivity index (χ1n) is 1.19. The molecular weight excluding hydrogens is 291 g/mol. The Kier molecular flexibility index (Phi) is 33.2. The molecule has 9 heavy (non-hydrogen) atoms. The van der Waals surface area contributed by atoms with Crippen molar-refractivity contribution in [1.29, 1.82) is 0 Å². The Bertz CT molecular complexity index is 36.0. The molecule has 0 radical (unpaired) electrons. The Morgan fingerprint density at radius 2 is 1.00 bits per heavy atom. The van der Waals surface area contributed by atoms with Gasteiger partial charge >= 0.3 is 81.7 Å². The van der Waals surface area contributed by atoms with Gasteiger partial charge in [-0.05, 0) is 0 Å². The van der Waals surface area contributed by atoms with E-state index >= 15 is 0 Å². The van der Waals surface area contributed by atoms with Gasteiger partial charge in [-0.1, -0.05) is 0 Å². The Morgan fingerprint density at radius 3 is 1.00 bits per heavy atom. The van der Waals surface area contributed by atoms with E-state index in [1.807, 2.05) is 0 Å². The second kappa shape index (κ2) is 13.2. The van der Waals surface area contributed by atoms with Gasteiger partial charge in [0.15, 0.2) is 0 Å². The van der Waals surface area contributed by atoms with Crippen LogP contribution in [-0.2, 0) is 19.5 Å². The summed E-state index contributed by atoms with van der Waals surface area (Å²) in [6.45, 7) is 0. The molecule has 0 fully saturated rings. The van der Waals surface area contributed by atoms with Crippen LogP contribution < -0.4 is 19.2 Å². The summed E-state index contributed by atoms with van der Waals surface area (Å²) in [6, 6.07) is 0. The van der Waals surface area contributed by atoms with Gasteiger partial charge in [0.2, 0.25) is 0 Å². The van der Waals surface area contributed by atoms with E-state index in [0.29, 0.717) is 0 Å². The summed E-state index contributed by atoms with van der Waals surface area (Å²) in [7, 11) is -5.61. The van der Waals surface area contributed by atoms with Gasteiger partial charge in [0, 0.05) is 0 Å². The van der Waals surface area contributed by atoms with Crippen molar-refractivity contribution in [3.63, 3.8) is 0 Å².